The lowest BCUT2D eigenvalue weighted by Crippen LogP contribution is -2.44. The number of rotatable bonds is 4. The van der Waals surface area contributed by atoms with Crippen molar-refractivity contribution in [2.45, 2.75) is 32.5 Å². The molecule has 1 rings (SSSR count). The van der Waals surface area contributed by atoms with Crippen molar-refractivity contribution >= 4 is 23.2 Å². The number of nitro benzene ring substituents is 1. The third-order valence-corrected chi connectivity index (χ3v) is 3.08. The normalized spacial score (nSPS) is 12.7. The molecule has 0 fully saturated rings. The Bertz CT molecular complexity index is 712. The molecule has 0 atom stereocenters. The fourth-order valence-corrected chi connectivity index (χ4v) is 2.28. The second kappa shape index (κ2) is 7.08. The van der Waals surface area contributed by atoms with Crippen molar-refractivity contribution in [3.05, 3.63) is 33.9 Å². The number of likely N-dealkylation sites (N-methyl/N-ethyl adjacent to an activating group) is 1. The molecule has 138 valence electrons. The van der Waals surface area contributed by atoms with Gasteiger partial charge in [0.25, 0.3) is 5.69 Å². The number of aliphatic imine (C=N–C) groups is 1. The average Bonchev–Trinajstić information content (AvgIpc) is 2.41. The van der Waals surface area contributed by atoms with E-state index in [-0.39, 0.29) is 11.5 Å². The Morgan fingerprint density at radius 1 is 1.28 bits per heavy atom. The molecule has 10 heteroatoms. The molecule has 0 saturated heterocycles. The molecule has 1 aromatic rings. The number of nitro groups is 1. The van der Waals surface area contributed by atoms with Crippen molar-refractivity contribution in [1.82, 2.24) is 4.90 Å². The predicted octanol–water partition coefficient (Wildman–Crippen LogP) is 3.55. The van der Waals surface area contributed by atoms with Crippen LogP contribution in [0.25, 0.3) is 0 Å². The molecule has 25 heavy (non-hydrogen) atoms. The highest BCUT2D eigenvalue weighted by Crippen LogP contribution is 2.38. The third-order valence-electron chi connectivity index (χ3n) is 3.08. The zero-order valence-corrected chi connectivity index (χ0v) is 14.3. The van der Waals surface area contributed by atoms with Crippen LogP contribution in [0.15, 0.2) is 23.2 Å². The Morgan fingerprint density at radius 2 is 1.84 bits per heavy atom. The molecular formula is C15H18F3N3O4. The van der Waals surface area contributed by atoms with E-state index in [2.05, 4.69) is 4.99 Å². The first-order chi connectivity index (χ1) is 11.3. The molecule has 0 aliphatic heterocycles. The van der Waals surface area contributed by atoms with Gasteiger partial charge in [-0.2, -0.15) is 13.2 Å². The van der Waals surface area contributed by atoms with E-state index in [1.807, 2.05) is 0 Å². The summed E-state index contributed by atoms with van der Waals surface area (Å²) in [6.07, 6.45) is -4.91. The van der Waals surface area contributed by atoms with Gasteiger partial charge in [-0.3, -0.25) is 14.9 Å². The van der Waals surface area contributed by atoms with Gasteiger partial charge in [-0.25, -0.2) is 4.99 Å². The Kier molecular flexibility index (Phi) is 5.77. The SMILES string of the molecule is CC(=O)OC(C)(C)C(=Nc1ccc([N+](=O)[O-])c(C(F)(F)F)c1)N(C)C. The molecule has 0 amide bonds. The summed E-state index contributed by atoms with van der Waals surface area (Å²) in [6, 6.07) is 2.43. The van der Waals surface area contributed by atoms with E-state index < -0.39 is 33.9 Å². The lowest BCUT2D eigenvalue weighted by molar-refractivity contribution is -0.388. The van der Waals surface area contributed by atoms with Crippen molar-refractivity contribution in [1.29, 1.82) is 0 Å². The maximum Gasteiger partial charge on any atom is 0.423 e. The number of ether oxygens (including phenoxy) is 1. The topological polar surface area (TPSA) is 85.0 Å². The molecule has 0 bridgehead atoms. The van der Waals surface area contributed by atoms with E-state index in [1.165, 1.54) is 25.7 Å². The highest BCUT2D eigenvalue weighted by molar-refractivity contribution is 5.93. The van der Waals surface area contributed by atoms with Gasteiger partial charge in [0.15, 0.2) is 5.60 Å². The highest BCUT2D eigenvalue weighted by atomic mass is 19.4. The maximum absolute atomic E-state index is 13.1. The van der Waals surface area contributed by atoms with E-state index in [9.17, 15) is 28.1 Å². The lowest BCUT2D eigenvalue weighted by atomic mass is 10.1. The smallest absolute Gasteiger partial charge is 0.423 e. The summed E-state index contributed by atoms with van der Waals surface area (Å²) in [7, 11) is 3.17. The molecule has 0 aliphatic carbocycles. The second-order valence-electron chi connectivity index (χ2n) is 5.89. The van der Waals surface area contributed by atoms with Crippen LogP contribution in [0.5, 0.6) is 0 Å². The standard InChI is InChI=1S/C15H18F3N3O4/c1-9(22)25-14(2,3)13(20(4)5)19-10-6-7-12(21(23)24)11(8-10)15(16,17)18/h6-8H,1-5H3. The molecule has 0 aromatic heterocycles. The number of esters is 1. The third kappa shape index (κ3) is 5.16. The monoisotopic (exact) mass is 361 g/mol. The van der Waals surface area contributed by atoms with Gasteiger partial charge in [-0.05, 0) is 26.0 Å². The van der Waals surface area contributed by atoms with Crippen molar-refractivity contribution < 1.29 is 27.6 Å². The van der Waals surface area contributed by atoms with Crippen LogP contribution in [0.3, 0.4) is 0 Å². The molecule has 1 aromatic carbocycles. The number of hydrogen-bond donors (Lipinski definition) is 0. The van der Waals surface area contributed by atoms with Crippen LogP contribution in [0.2, 0.25) is 0 Å². The zero-order chi connectivity index (χ0) is 19.6. The molecule has 0 unspecified atom stereocenters. The van der Waals surface area contributed by atoms with E-state index in [0.29, 0.717) is 6.07 Å². The summed E-state index contributed by atoms with van der Waals surface area (Å²) < 4.78 is 44.3. The summed E-state index contributed by atoms with van der Waals surface area (Å²) >= 11 is 0. The molecule has 0 heterocycles. The number of alkyl halides is 3. The van der Waals surface area contributed by atoms with Crippen LogP contribution in [0, 0.1) is 10.1 Å². The number of halogens is 3. The van der Waals surface area contributed by atoms with Crippen LogP contribution in [0.1, 0.15) is 26.3 Å². The maximum atomic E-state index is 13.1. The van der Waals surface area contributed by atoms with Gasteiger partial charge in [0, 0.05) is 27.1 Å². The van der Waals surface area contributed by atoms with Crippen molar-refractivity contribution in [2.75, 3.05) is 14.1 Å². The Morgan fingerprint density at radius 3 is 2.24 bits per heavy atom. The van der Waals surface area contributed by atoms with Gasteiger partial charge in [0.05, 0.1) is 10.6 Å². The molecule has 0 radical (unpaired) electrons. The second-order valence-corrected chi connectivity index (χ2v) is 5.89. The first-order valence-corrected chi connectivity index (χ1v) is 7.07. The molecule has 0 saturated carbocycles. The summed E-state index contributed by atoms with van der Waals surface area (Å²) in [6.45, 7) is 4.26. The van der Waals surface area contributed by atoms with Crippen molar-refractivity contribution in [3.63, 3.8) is 0 Å². The average molecular weight is 361 g/mol. The quantitative estimate of drug-likeness (QED) is 0.269. The predicted molar refractivity (Wildman–Crippen MR) is 84.7 cm³/mol. The first kappa shape index (κ1) is 20.4. The number of amidine groups is 1. The number of carbonyl (C=O) groups is 1. The minimum Gasteiger partial charge on any atom is -0.452 e. The van der Waals surface area contributed by atoms with Crippen molar-refractivity contribution in [3.8, 4) is 0 Å². The summed E-state index contributed by atoms with van der Waals surface area (Å²) in [5.74, 6) is -0.413. The fraction of sp³-hybridized carbons (Fsp3) is 0.467. The number of carbonyl (C=O) groups excluding carboxylic acids is 1. The van der Waals surface area contributed by atoms with Gasteiger partial charge in [0.2, 0.25) is 0 Å². The van der Waals surface area contributed by atoms with Crippen LogP contribution >= 0.6 is 0 Å². The fourth-order valence-electron chi connectivity index (χ4n) is 2.28. The molecule has 0 N–H and O–H groups in total. The molecule has 0 aliphatic rings. The van der Waals surface area contributed by atoms with Crippen LogP contribution in [-0.2, 0) is 15.7 Å². The van der Waals surface area contributed by atoms with Crippen LogP contribution < -0.4 is 0 Å². The van der Waals surface area contributed by atoms with Crippen LogP contribution in [0.4, 0.5) is 24.5 Å². The van der Waals surface area contributed by atoms with E-state index in [1.54, 1.807) is 14.1 Å². The van der Waals surface area contributed by atoms with Gasteiger partial charge in [-0.1, -0.05) is 0 Å². The molecular weight excluding hydrogens is 343 g/mol. The van der Waals surface area contributed by atoms with E-state index >= 15 is 0 Å². The largest absolute Gasteiger partial charge is 0.452 e. The Labute approximate surface area is 142 Å². The van der Waals surface area contributed by atoms with Crippen LogP contribution in [-0.4, -0.2) is 41.3 Å². The Balaban J connectivity index is 3.50. The molecule has 7 nitrogen and oxygen atoms in total. The number of hydrogen-bond acceptors (Lipinski definition) is 5. The van der Waals surface area contributed by atoms with E-state index in [0.717, 1.165) is 12.1 Å². The van der Waals surface area contributed by atoms with Gasteiger partial charge in [0.1, 0.15) is 11.4 Å². The number of nitrogens with zero attached hydrogens (tertiary/aromatic N) is 3. The summed E-state index contributed by atoms with van der Waals surface area (Å²) in [4.78, 5) is 26.5. The van der Waals surface area contributed by atoms with Gasteiger partial charge >= 0.3 is 12.1 Å². The zero-order valence-electron chi connectivity index (χ0n) is 14.3. The lowest BCUT2D eigenvalue weighted by Gasteiger charge is -2.30. The molecule has 0 spiro atoms. The minimum atomic E-state index is -4.91. The first-order valence-electron chi connectivity index (χ1n) is 7.07. The van der Waals surface area contributed by atoms with Gasteiger partial charge in [-0.15, -0.1) is 0 Å². The van der Waals surface area contributed by atoms with Gasteiger partial charge < -0.3 is 9.64 Å². The summed E-state index contributed by atoms with van der Waals surface area (Å²) in [5, 5.41) is 10.8. The van der Waals surface area contributed by atoms with Crippen molar-refractivity contribution in [2.24, 2.45) is 4.99 Å². The minimum absolute atomic E-state index is 0.151. The Hall–Kier alpha value is -2.65. The van der Waals surface area contributed by atoms with E-state index in [4.69, 9.17) is 4.74 Å². The highest BCUT2D eigenvalue weighted by Gasteiger charge is 2.38. The number of benzene rings is 1. The summed E-state index contributed by atoms with van der Waals surface area (Å²) in [5.41, 5.74) is -3.82.